The summed E-state index contributed by atoms with van der Waals surface area (Å²) in [5, 5.41) is 9.91. The molecule has 1 N–H and O–H groups in total. The van der Waals surface area contributed by atoms with Crippen molar-refractivity contribution in [2.24, 2.45) is 0 Å². The Bertz CT molecular complexity index is 399. The highest BCUT2D eigenvalue weighted by Crippen LogP contribution is 2.40. The molecule has 0 radical (unpaired) electrons. The van der Waals surface area contributed by atoms with Gasteiger partial charge in [0.05, 0.1) is 6.10 Å². The third-order valence-electron chi connectivity index (χ3n) is 2.72. The second-order valence-electron chi connectivity index (χ2n) is 4.72. The highest BCUT2D eigenvalue weighted by atomic mass is 19.1. The van der Waals surface area contributed by atoms with E-state index in [9.17, 15) is 9.50 Å². The second-order valence-corrected chi connectivity index (χ2v) is 4.72. The van der Waals surface area contributed by atoms with Gasteiger partial charge >= 0.3 is 0 Å². The van der Waals surface area contributed by atoms with Crippen LogP contribution in [0.5, 0.6) is 5.75 Å². The molecular weight excluding hydrogens is 195 g/mol. The molecule has 1 unspecified atom stereocenters. The van der Waals surface area contributed by atoms with Crippen LogP contribution in [0.4, 0.5) is 4.39 Å². The summed E-state index contributed by atoms with van der Waals surface area (Å²) in [6.07, 6.45) is -0.0338. The van der Waals surface area contributed by atoms with Crippen molar-refractivity contribution in [2.45, 2.75) is 38.9 Å². The lowest BCUT2D eigenvalue weighted by molar-refractivity contribution is 0.0112. The topological polar surface area (TPSA) is 29.5 Å². The molecule has 0 aromatic heterocycles. The van der Waals surface area contributed by atoms with Crippen LogP contribution in [0.15, 0.2) is 12.1 Å². The zero-order valence-electron chi connectivity index (χ0n) is 9.17. The SMILES string of the molecule is Cc1cc2c(cc1F)OC(C)(C)CC2O. The van der Waals surface area contributed by atoms with E-state index in [1.807, 2.05) is 13.8 Å². The lowest BCUT2D eigenvalue weighted by Crippen LogP contribution is -2.34. The predicted molar refractivity (Wildman–Crippen MR) is 55.4 cm³/mol. The number of fused-ring (bicyclic) bond motifs is 1. The standard InChI is InChI=1S/C12H15FO2/c1-7-4-8-10(14)6-12(2,3)15-11(8)5-9(7)13/h4-5,10,14H,6H2,1-3H3. The molecule has 3 heteroatoms. The average Bonchev–Trinajstić information content (AvgIpc) is 2.07. The molecule has 2 rings (SSSR count). The minimum absolute atomic E-state index is 0.293. The monoisotopic (exact) mass is 210 g/mol. The van der Waals surface area contributed by atoms with E-state index in [1.54, 1.807) is 13.0 Å². The summed E-state index contributed by atoms with van der Waals surface area (Å²) in [7, 11) is 0. The van der Waals surface area contributed by atoms with Crippen LogP contribution in [0.3, 0.4) is 0 Å². The van der Waals surface area contributed by atoms with E-state index in [1.165, 1.54) is 6.07 Å². The van der Waals surface area contributed by atoms with Gasteiger partial charge in [0, 0.05) is 18.1 Å². The van der Waals surface area contributed by atoms with Gasteiger partial charge in [-0.2, -0.15) is 0 Å². The van der Waals surface area contributed by atoms with E-state index in [2.05, 4.69) is 0 Å². The fourth-order valence-electron chi connectivity index (χ4n) is 1.95. The van der Waals surface area contributed by atoms with Gasteiger partial charge in [-0.05, 0) is 32.4 Å². The normalized spacial score (nSPS) is 23.1. The van der Waals surface area contributed by atoms with Gasteiger partial charge in [-0.3, -0.25) is 0 Å². The first-order valence-corrected chi connectivity index (χ1v) is 5.06. The van der Waals surface area contributed by atoms with E-state index < -0.39 is 11.7 Å². The number of halogens is 1. The third kappa shape index (κ3) is 1.84. The predicted octanol–water partition coefficient (Wildman–Crippen LogP) is 2.73. The smallest absolute Gasteiger partial charge is 0.129 e. The molecule has 1 heterocycles. The summed E-state index contributed by atoms with van der Waals surface area (Å²) in [5.74, 6) is 0.167. The maximum absolute atomic E-state index is 13.3. The van der Waals surface area contributed by atoms with E-state index in [-0.39, 0.29) is 5.82 Å². The Morgan fingerprint density at radius 2 is 2.13 bits per heavy atom. The Hall–Kier alpha value is -1.09. The number of aliphatic hydroxyl groups is 1. The number of aliphatic hydroxyl groups excluding tert-OH is 1. The number of rotatable bonds is 0. The highest BCUT2D eigenvalue weighted by molar-refractivity contribution is 5.41. The molecule has 1 aliphatic heterocycles. The van der Waals surface area contributed by atoms with Crippen molar-refractivity contribution in [3.05, 3.63) is 29.1 Å². The van der Waals surface area contributed by atoms with Crippen molar-refractivity contribution in [3.63, 3.8) is 0 Å². The number of hydrogen-bond acceptors (Lipinski definition) is 2. The number of benzene rings is 1. The van der Waals surface area contributed by atoms with Gasteiger partial charge in [0.25, 0.3) is 0 Å². The zero-order chi connectivity index (χ0) is 11.2. The van der Waals surface area contributed by atoms with Gasteiger partial charge in [0.2, 0.25) is 0 Å². The first-order valence-electron chi connectivity index (χ1n) is 5.06. The molecule has 0 saturated carbocycles. The van der Waals surface area contributed by atoms with Gasteiger partial charge in [-0.1, -0.05) is 0 Å². The van der Waals surface area contributed by atoms with Crippen LogP contribution in [0.2, 0.25) is 0 Å². The number of ether oxygens (including phenoxy) is 1. The largest absolute Gasteiger partial charge is 0.487 e. The maximum atomic E-state index is 13.3. The Labute approximate surface area is 88.7 Å². The molecule has 1 aromatic carbocycles. The average molecular weight is 210 g/mol. The van der Waals surface area contributed by atoms with Crippen LogP contribution in [-0.2, 0) is 0 Å². The zero-order valence-corrected chi connectivity index (χ0v) is 9.17. The molecule has 0 fully saturated rings. The molecular formula is C12H15FO2. The van der Waals surface area contributed by atoms with Crippen LogP contribution in [0, 0.1) is 12.7 Å². The maximum Gasteiger partial charge on any atom is 0.129 e. The van der Waals surface area contributed by atoms with Gasteiger partial charge in [-0.25, -0.2) is 4.39 Å². The highest BCUT2D eigenvalue weighted by Gasteiger charge is 2.33. The van der Waals surface area contributed by atoms with Crippen LogP contribution in [0.25, 0.3) is 0 Å². The molecule has 0 bridgehead atoms. The van der Waals surface area contributed by atoms with Gasteiger partial charge in [-0.15, -0.1) is 0 Å². The minimum Gasteiger partial charge on any atom is -0.487 e. The summed E-state index contributed by atoms with van der Waals surface area (Å²) in [6.45, 7) is 5.45. The minimum atomic E-state index is -0.567. The number of aryl methyl sites for hydroxylation is 1. The van der Waals surface area contributed by atoms with Crippen molar-refractivity contribution in [1.82, 2.24) is 0 Å². The van der Waals surface area contributed by atoms with Crippen molar-refractivity contribution < 1.29 is 14.2 Å². The summed E-state index contributed by atoms with van der Waals surface area (Å²) < 4.78 is 18.9. The molecule has 0 saturated heterocycles. The van der Waals surface area contributed by atoms with E-state index in [0.717, 1.165) is 0 Å². The van der Waals surface area contributed by atoms with Crippen LogP contribution in [0.1, 0.15) is 37.5 Å². The molecule has 0 amide bonds. The van der Waals surface area contributed by atoms with Crippen LogP contribution in [-0.4, -0.2) is 10.7 Å². The molecule has 1 aliphatic rings. The van der Waals surface area contributed by atoms with Crippen LogP contribution >= 0.6 is 0 Å². The molecule has 0 aliphatic carbocycles. The van der Waals surface area contributed by atoms with Crippen molar-refractivity contribution in [2.75, 3.05) is 0 Å². The summed E-state index contributed by atoms with van der Waals surface area (Å²) in [6, 6.07) is 3.01. The summed E-state index contributed by atoms with van der Waals surface area (Å²) in [5.41, 5.74) is 0.790. The van der Waals surface area contributed by atoms with Crippen molar-refractivity contribution in [1.29, 1.82) is 0 Å². The van der Waals surface area contributed by atoms with Crippen molar-refractivity contribution >= 4 is 0 Å². The molecule has 2 nitrogen and oxygen atoms in total. The number of hydrogen-bond donors (Lipinski definition) is 1. The molecule has 0 spiro atoms. The van der Waals surface area contributed by atoms with Gasteiger partial charge < -0.3 is 9.84 Å². The quantitative estimate of drug-likeness (QED) is 0.713. The first kappa shape index (κ1) is 10.4. The van der Waals surface area contributed by atoms with E-state index in [4.69, 9.17) is 4.74 Å². The fraction of sp³-hybridized carbons (Fsp3) is 0.500. The van der Waals surface area contributed by atoms with E-state index in [0.29, 0.717) is 23.3 Å². The second kappa shape index (κ2) is 3.20. The molecule has 1 atom stereocenters. The van der Waals surface area contributed by atoms with E-state index >= 15 is 0 Å². The lowest BCUT2D eigenvalue weighted by Gasteiger charge is -2.35. The Morgan fingerprint density at radius 1 is 1.47 bits per heavy atom. The van der Waals surface area contributed by atoms with Crippen LogP contribution < -0.4 is 4.74 Å². The Kier molecular flexibility index (Phi) is 2.23. The Balaban J connectivity index is 2.51. The fourth-order valence-corrected chi connectivity index (χ4v) is 1.95. The summed E-state index contributed by atoms with van der Waals surface area (Å²) >= 11 is 0. The molecule has 82 valence electrons. The molecule has 1 aromatic rings. The van der Waals surface area contributed by atoms with Crippen molar-refractivity contribution in [3.8, 4) is 5.75 Å². The summed E-state index contributed by atoms with van der Waals surface area (Å²) in [4.78, 5) is 0. The van der Waals surface area contributed by atoms with Gasteiger partial charge in [0.15, 0.2) is 0 Å². The Morgan fingerprint density at radius 3 is 2.80 bits per heavy atom. The molecule has 15 heavy (non-hydrogen) atoms. The third-order valence-corrected chi connectivity index (χ3v) is 2.72. The lowest BCUT2D eigenvalue weighted by atomic mass is 9.91. The first-order chi connectivity index (χ1) is 6.89. The van der Waals surface area contributed by atoms with Gasteiger partial charge in [0.1, 0.15) is 17.2 Å².